The van der Waals surface area contributed by atoms with Gasteiger partial charge in [0.15, 0.2) is 0 Å². The third kappa shape index (κ3) is 3.59. The maximum absolute atomic E-state index is 12.7. The molecular formula is C20H21N5O3. The van der Waals surface area contributed by atoms with Crippen LogP contribution in [0.3, 0.4) is 0 Å². The highest BCUT2D eigenvalue weighted by molar-refractivity contribution is 6.05. The summed E-state index contributed by atoms with van der Waals surface area (Å²) in [7, 11) is 0. The van der Waals surface area contributed by atoms with Crippen LogP contribution in [-0.2, 0) is 29.2 Å². The van der Waals surface area contributed by atoms with Crippen molar-refractivity contribution >= 4 is 23.5 Å². The minimum atomic E-state index is -0.586. The Kier molecular flexibility index (Phi) is 4.79. The van der Waals surface area contributed by atoms with E-state index in [9.17, 15) is 14.4 Å². The summed E-state index contributed by atoms with van der Waals surface area (Å²) in [6, 6.07) is 8.82. The molecule has 0 spiro atoms. The summed E-state index contributed by atoms with van der Waals surface area (Å²) in [6.45, 7) is 1.69. The van der Waals surface area contributed by atoms with E-state index in [0.29, 0.717) is 37.4 Å². The van der Waals surface area contributed by atoms with Crippen molar-refractivity contribution in [2.75, 3.05) is 5.73 Å². The van der Waals surface area contributed by atoms with Crippen molar-refractivity contribution < 1.29 is 14.4 Å². The van der Waals surface area contributed by atoms with Crippen LogP contribution in [0.25, 0.3) is 0 Å². The molecule has 2 aromatic rings. The molecule has 144 valence electrons. The highest BCUT2D eigenvalue weighted by Gasteiger charge is 2.38. The lowest BCUT2D eigenvalue weighted by molar-refractivity contribution is -0.136. The molecule has 1 atom stereocenters. The minimum absolute atomic E-state index is 0.156. The number of anilines is 1. The number of aromatic nitrogens is 1. The number of benzene rings is 1. The summed E-state index contributed by atoms with van der Waals surface area (Å²) in [5, 5.41) is 5.66. The number of piperidine rings is 1. The smallest absolute Gasteiger partial charge is 0.255 e. The third-order valence-corrected chi connectivity index (χ3v) is 5.09. The fourth-order valence-corrected chi connectivity index (χ4v) is 3.63. The number of nitrogens with zero attached hydrogens (tertiary/aromatic N) is 2. The van der Waals surface area contributed by atoms with Crippen LogP contribution in [0.2, 0.25) is 0 Å². The van der Waals surface area contributed by atoms with E-state index in [1.807, 2.05) is 24.3 Å². The molecule has 0 radical (unpaired) electrons. The monoisotopic (exact) mass is 379 g/mol. The number of pyridine rings is 1. The maximum Gasteiger partial charge on any atom is 0.255 e. The average Bonchev–Trinajstić information content (AvgIpc) is 2.99. The van der Waals surface area contributed by atoms with Crippen molar-refractivity contribution in [3.8, 4) is 0 Å². The highest BCUT2D eigenvalue weighted by atomic mass is 16.2. The lowest BCUT2D eigenvalue weighted by Crippen LogP contribution is -2.52. The predicted molar refractivity (Wildman–Crippen MR) is 102 cm³/mol. The summed E-state index contributed by atoms with van der Waals surface area (Å²) in [5.41, 5.74) is 9.20. The van der Waals surface area contributed by atoms with Gasteiger partial charge in [-0.1, -0.05) is 18.2 Å². The molecule has 2 aliphatic heterocycles. The first kappa shape index (κ1) is 18.1. The Labute approximate surface area is 162 Å². The van der Waals surface area contributed by atoms with Crippen LogP contribution in [-0.4, -0.2) is 33.6 Å². The number of fused-ring (bicyclic) bond motifs is 1. The minimum Gasteiger partial charge on any atom is -0.384 e. The first-order valence-electron chi connectivity index (χ1n) is 9.19. The first-order chi connectivity index (χ1) is 13.5. The van der Waals surface area contributed by atoms with Gasteiger partial charge < -0.3 is 16.0 Å². The molecule has 1 aromatic carbocycles. The second kappa shape index (κ2) is 7.40. The van der Waals surface area contributed by atoms with Gasteiger partial charge >= 0.3 is 0 Å². The zero-order valence-electron chi connectivity index (χ0n) is 15.3. The van der Waals surface area contributed by atoms with Gasteiger partial charge in [0.1, 0.15) is 11.9 Å². The van der Waals surface area contributed by atoms with Gasteiger partial charge in [-0.3, -0.25) is 19.7 Å². The van der Waals surface area contributed by atoms with Crippen molar-refractivity contribution in [3.63, 3.8) is 0 Å². The molecule has 3 amide bonds. The molecule has 1 aromatic heterocycles. The van der Waals surface area contributed by atoms with Gasteiger partial charge in [0.05, 0.1) is 0 Å². The molecular weight excluding hydrogens is 358 g/mol. The van der Waals surface area contributed by atoms with Crippen molar-refractivity contribution in [2.45, 2.75) is 38.5 Å². The van der Waals surface area contributed by atoms with E-state index in [2.05, 4.69) is 15.6 Å². The number of hydrogen-bond acceptors (Lipinski definition) is 6. The zero-order valence-corrected chi connectivity index (χ0v) is 15.3. The van der Waals surface area contributed by atoms with Crippen molar-refractivity contribution in [1.82, 2.24) is 20.5 Å². The van der Waals surface area contributed by atoms with Crippen molar-refractivity contribution in [1.29, 1.82) is 0 Å². The fraction of sp³-hybridized carbons (Fsp3) is 0.300. The van der Waals surface area contributed by atoms with E-state index >= 15 is 0 Å². The van der Waals surface area contributed by atoms with Crippen molar-refractivity contribution in [2.24, 2.45) is 0 Å². The third-order valence-electron chi connectivity index (χ3n) is 5.09. The Balaban J connectivity index is 1.40. The normalized spacial score (nSPS) is 18.9. The molecule has 2 aliphatic rings. The number of carbonyl (C=O) groups excluding carboxylic acids is 3. The summed E-state index contributed by atoms with van der Waals surface area (Å²) in [6.07, 6.45) is 2.36. The topological polar surface area (TPSA) is 117 Å². The van der Waals surface area contributed by atoms with Gasteiger partial charge in [0.2, 0.25) is 11.8 Å². The molecule has 4 rings (SSSR count). The van der Waals surface area contributed by atoms with Gasteiger partial charge in [-0.15, -0.1) is 0 Å². The van der Waals surface area contributed by atoms with Gasteiger partial charge in [-0.05, 0) is 35.2 Å². The quantitative estimate of drug-likeness (QED) is 0.659. The zero-order chi connectivity index (χ0) is 19.7. The number of imide groups is 1. The SMILES string of the molecule is Nc1ccc(CNCc2ccc3c(c2)CN(C2CCC(=O)NC2=O)C3=O)cn1. The maximum atomic E-state index is 12.7. The van der Waals surface area contributed by atoms with Crippen LogP contribution in [0.4, 0.5) is 5.82 Å². The molecule has 3 heterocycles. The van der Waals surface area contributed by atoms with Gasteiger partial charge in [0, 0.05) is 37.8 Å². The molecule has 0 saturated carbocycles. The van der Waals surface area contributed by atoms with E-state index in [1.165, 1.54) is 0 Å². The molecule has 28 heavy (non-hydrogen) atoms. The van der Waals surface area contributed by atoms with E-state index in [-0.39, 0.29) is 18.2 Å². The second-order valence-electron chi connectivity index (χ2n) is 7.09. The second-order valence-corrected chi connectivity index (χ2v) is 7.09. The van der Waals surface area contributed by atoms with Crippen LogP contribution in [0.1, 0.15) is 39.9 Å². The predicted octanol–water partition coefficient (Wildman–Crippen LogP) is 0.715. The highest BCUT2D eigenvalue weighted by Crippen LogP contribution is 2.28. The van der Waals surface area contributed by atoms with E-state index in [0.717, 1.165) is 16.7 Å². The number of amides is 3. The van der Waals surface area contributed by atoms with Gasteiger partial charge in [0.25, 0.3) is 5.91 Å². The Bertz CT molecular complexity index is 941. The van der Waals surface area contributed by atoms with Crippen LogP contribution in [0.5, 0.6) is 0 Å². The number of nitrogens with two attached hydrogens (primary N) is 1. The number of rotatable bonds is 5. The Morgan fingerprint density at radius 1 is 1.14 bits per heavy atom. The number of nitrogens with one attached hydrogen (secondary N) is 2. The van der Waals surface area contributed by atoms with Crippen LogP contribution in [0.15, 0.2) is 36.5 Å². The standard InChI is InChI=1S/C20H21N5O3/c21-17-5-2-13(10-23-17)9-22-8-12-1-3-15-14(7-12)11-25(20(15)28)16-4-6-18(26)24-19(16)27/h1-3,5,7,10,16,22H,4,6,8-9,11H2,(H2,21,23)(H,24,26,27). The molecule has 1 fully saturated rings. The van der Waals surface area contributed by atoms with Gasteiger partial charge in [-0.25, -0.2) is 4.98 Å². The largest absolute Gasteiger partial charge is 0.384 e. The molecule has 8 heteroatoms. The molecule has 0 bridgehead atoms. The number of carbonyl (C=O) groups is 3. The molecule has 1 unspecified atom stereocenters. The molecule has 8 nitrogen and oxygen atoms in total. The Morgan fingerprint density at radius 3 is 2.68 bits per heavy atom. The average molecular weight is 379 g/mol. The van der Waals surface area contributed by atoms with Gasteiger partial charge in [-0.2, -0.15) is 0 Å². The summed E-state index contributed by atoms with van der Waals surface area (Å²) >= 11 is 0. The summed E-state index contributed by atoms with van der Waals surface area (Å²) in [5.74, 6) is -0.337. The summed E-state index contributed by atoms with van der Waals surface area (Å²) < 4.78 is 0. The lowest BCUT2D eigenvalue weighted by atomic mass is 10.0. The molecule has 4 N–H and O–H groups in total. The van der Waals surface area contributed by atoms with Crippen molar-refractivity contribution in [3.05, 3.63) is 58.8 Å². The van der Waals surface area contributed by atoms with Crippen LogP contribution >= 0.6 is 0 Å². The molecule has 0 aliphatic carbocycles. The van der Waals surface area contributed by atoms with Crippen LogP contribution in [0, 0.1) is 0 Å². The van der Waals surface area contributed by atoms with E-state index in [1.54, 1.807) is 17.2 Å². The van der Waals surface area contributed by atoms with E-state index < -0.39 is 11.9 Å². The fourth-order valence-electron chi connectivity index (χ4n) is 3.63. The first-order valence-corrected chi connectivity index (χ1v) is 9.19. The Hall–Kier alpha value is -3.26. The van der Waals surface area contributed by atoms with Crippen LogP contribution < -0.4 is 16.4 Å². The lowest BCUT2D eigenvalue weighted by Gasteiger charge is -2.29. The Morgan fingerprint density at radius 2 is 1.93 bits per heavy atom. The number of hydrogen-bond donors (Lipinski definition) is 3. The number of nitrogen functional groups attached to an aromatic ring is 1. The summed E-state index contributed by atoms with van der Waals surface area (Å²) in [4.78, 5) is 41.8. The molecule has 1 saturated heterocycles. The van der Waals surface area contributed by atoms with E-state index in [4.69, 9.17) is 5.73 Å².